The number of allylic oxidation sites excluding steroid dienone is 2. The zero-order valence-electron chi connectivity index (χ0n) is 14.6. The zero-order chi connectivity index (χ0) is 18.3. The maximum Gasteiger partial charge on any atom is 0.254 e. The highest BCUT2D eigenvalue weighted by molar-refractivity contribution is 6.08. The number of rotatable bonds is 2. The van der Waals surface area contributed by atoms with Crippen LogP contribution in [0.4, 0.5) is 0 Å². The first-order valence-electron chi connectivity index (χ1n) is 9.43. The van der Waals surface area contributed by atoms with Crippen LogP contribution in [0.25, 0.3) is 10.8 Å². The van der Waals surface area contributed by atoms with Crippen LogP contribution in [-0.2, 0) is 9.59 Å². The van der Waals surface area contributed by atoms with E-state index >= 15 is 0 Å². The number of aromatic hydroxyl groups is 1. The molecule has 0 unspecified atom stereocenters. The summed E-state index contributed by atoms with van der Waals surface area (Å²) in [4.78, 5) is 25.9. The van der Waals surface area contributed by atoms with Crippen molar-refractivity contribution >= 4 is 28.8 Å². The lowest BCUT2D eigenvalue weighted by atomic mass is 9.85. The summed E-state index contributed by atoms with van der Waals surface area (Å²) in [7, 11) is 0. The van der Waals surface area contributed by atoms with Gasteiger partial charge in [0.05, 0.1) is 18.1 Å². The minimum absolute atomic E-state index is 0.0791. The van der Waals surface area contributed by atoms with Crippen molar-refractivity contribution in [2.75, 3.05) is 0 Å². The summed E-state index contributed by atoms with van der Waals surface area (Å²) in [6, 6.07) is 11.1. The minimum atomic E-state index is -0.256. The first-order chi connectivity index (χ1) is 13.1. The first-order valence-corrected chi connectivity index (χ1v) is 9.43. The van der Waals surface area contributed by atoms with E-state index in [4.69, 9.17) is 0 Å². The molecule has 4 aliphatic rings. The molecule has 1 N–H and O–H groups in total. The van der Waals surface area contributed by atoms with Gasteiger partial charge in [-0.1, -0.05) is 42.5 Å². The van der Waals surface area contributed by atoms with Crippen LogP contribution in [0.1, 0.15) is 18.4 Å². The number of hydrogen-bond acceptors (Lipinski definition) is 4. The number of carbonyl (C=O) groups is 2. The van der Waals surface area contributed by atoms with Crippen molar-refractivity contribution in [2.45, 2.75) is 12.8 Å². The van der Waals surface area contributed by atoms with E-state index in [1.165, 1.54) is 6.21 Å². The molecule has 1 aliphatic heterocycles. The number of benzene rings is 2. The van der Waals surface area contributed by atoms with E-state index in [0.29, 0.717) is 5.56 Å². The number of phenols is 1. The SMILES string of the molecule is O=C1[C@@H]2[C@@H](C(=O)N1/N=C/c1c(O)ccc3ccccc13)[C@@H]1C=C[C@H]2C12CC2. The molecule has 2 aromatic carbocycles. The van der Waals surface area contributed by atoms with Crippen LogP contribution in [0.2, 0.25) is 0 Å². The minimum Gasteiger partial charge on any atom is -0.507 e. The second-order valence-corrected chi connectivity index (χ2v) is 8.17. The number of amides is 2. The topological polar surface area (TPSA) is 70.0 Å². The summed E-state index contributed by atoms with van der Waals surface area (Å²) >= 11 is 0. The fraction of sp³-hybridized carbons (Fsp3) is 0.318. The molecule has 6 rings (SSSR count). The molecule has 2 saturated carbocycles. The number of hydrazone groups is 1. The maximum absolute atomic E-state index is 13.0. The van der Waals surface area contributed by atoms with Gasteiger partial charge in [-0.3, -0.25) is 9.59 Å². The van der Waals surface area contributed by atoms with Gasteiger partial charge in [0.25, 0.3) is 11.8 Å². The molecule has 27 heavy (non-hydrogen) atoms. The van der Waals surface area contributed by atoms with Crippen molar-refractivity contribution in [2.24, 2.45) is 34.2 Å². The first kappa shape index (κ1) is 15.1. The fourth-order valence-electron chi connectivity index (χ4n) is 5.71. The van der Waals surface area contributed by atoms with E-state index in [-0.39, 0.29) is 46.7 Å². The van der Waals surface area contributed by atoms with E-state index in [0.717, 1.165) is 28.6 Å². The Kier molecular flexibility index (Phi) is 2.72. The standard InChI is InChI=1S/C22H18N2O3/c25-17-8-5-12-3-1-2-4-13(12)14(17)11-23-24-20(26)18-15-6-7-16(19(18)21(24)27)22(15)9-10-22/h1-8,11,15-16,18-19,25H,9-10H2/b23-11+/t15-,16+,18-,19-/m0/s1. The Labute approximate surface area is 156 Å². The number of hydrogen-bond donors (Lipinski definition) is 1. The van der Waals surface area contributed by atoms with Crippen LogP contribution in [0.5, 0.6) is 5.75 Å². The molecular formula is C22H18N2O3. The van der Waals surface area contributed by atoms with Crippen molar-refractivity contribution in [1.29, 1.82) is 0 Å². The largest absolute Gasteiger partial charge is 0.507 e. The highest BCUT2D eigenvalue weighted by Crippen LogP contribution is 2.73. The maximum atomic E-state index is 13.0. The number of nitrogens with zero attached hydrogens (tertiary/aromatic N) is 2. The average Bonchev–Trinajstić information content (AvgIpc) is 3.28. The summed E-state index contributed by atoms with van der Waals surface area (Å²) in [5.41, 5.74) is 0.704. The summed E-state index contributed by atoms with van der Waals surface area (Å²) in [5, 5.41) is 17.3. The molecule has 3 aliphatic carbocycles. The molecule has 0 radical (unpaired) electrons. The highest BCUT2D eigenvalue weighted by Gasteiger charge is 2.73. The van der Waals surface area contributed by atoms with Crippen LogP contribution in [0.15, 0.2) is 53.7 Å². The smallest absolute Gasteiger partial charge is 0.254 e. The van der Waals surface area contributed by atoms with Gasteiger partial charge in [-0.25, -0.2) is 0 Å². The Balaban J connectivity index is 1.37. The predicted octanol–water partition coefficient (Wildman–Crippen LogP) is 3.08. The summed E-state index contributed by atoms with van der Waals surface area (Å²) in [6.45, 7) is 0. The monoisotopic (exact) mass is 358 g/mol. The van der Waals surface area contributed by atoms with Crippen molar-refractivity contribution in [3.8, 4) is 5.75 Å². The molecule has 2 aromatic rings. The predicted molar refractivity (Wildman–Crippen MR) is 99.8 cm³/mol. The van der Waals surface area contributed by atoms with Crippen LogP contribution in [0.3, 0.4) is 0 Å². The van der Waals surface area contributed by atoms with Crippen LogP contribution < -0.4 is 0 Å². The zero-order valence-corrected chi connectivity index (χ0v) is 14.6. The number of imide groups is 1. The van der Waals surface area contributed by atoms with Gasteiger partial charge in [-0.05, 0) is 46.9 Å². The van der Waals surface area contributed by atoms with Crippen LogP contribution in [-0.4, -0.2) is 28.1 Å². The quantitative estimate of drug-likeness (QED) is 0.510. The Bertz CT molecular complexity index is 1050. The third-order valence-corrected chi connectivity index (χ3v) is 7.08. The number of phenolic OH excluding ortho intramolecular Hbond substituents is 1. The molecule has 3 fully saturated rings. The van der Waals surface area contributed by atoms with E-state index in [9.17, 15) is 14.7 Å². The number of fused-ring (bicyclic) bond motifs is 4. The summed E-state index contributed by atoms with van der Waals surface area (Å²) < 4.78 is 0. The molecule has 2 bridgehead atoms. The lowest BCUT2D eigenvalue weighted by Gasteiger charge is -2.18. The van der Waals surface area contributed by atoms with Gasteiger partial charge in [-0.15, -0.1) is 0 Å². The highest BCUT2D eigenvalue weighted by atomic mass is 16.3. The molecule has 1 saturated heterocycles. The average molecular weight is 358 g/mol. The molecule has 5 heteroatoms. The molecule has 5 nitrogen and oxygen atoms in total. The third-order valence-electron chi connectivity index (χ3n) is 7.08. The van der Waals surface area contributed by atoms with Crippen LogP contribution >= 0.6 is 0 Å². The molecule has 1 heterocycles. The second kappa shape index (κ2) is 4.85. The Hall–Kier alpha value is -2.95. The molecule has 1 spiro atoms. The Morgan fingerprint density at radius 3 is 2.33 bits per heavy atom. The van der Waals surface area contributed by atoms with Crippen molar-refractivity contribution in [3.05, 3.63) is 54.1 Å². The lowest BCUT2D eigenvalue weighted by molar-refractivity contribution is -0.141. The molecule has 0 aromatic heterocycles. The van der Waals surface area contributed by atoms with Gasteiger partial charge in [-0.2, -0.15) is 10.1 Å². The van der Waals surface area contributed by atoms with Gasteiger partial charge in [0.15, 0.2) is 0 Å². The van der Waals surface area contributed by atoms with Gasteiger partial charge in [0.1, 0.15) is 5.75 Å². The van der Waals surface area contributed by atoms with E-state index in [2.05, 4.69) is 17.3 Å². The van der Waals surface area contributed by atoms with Crippen molar-refractivity contribution < 1.29 is 14.7 Å². The molecular weight excluding hydrogens is 340 g/mol. The van der Waals surface area contributed by atoms with Crippen molar-refractivity contribution in [1.82, 2.24) is 5.01 Å². The Morgan fingerprint density at radius 2 is 1.67 bits per heavy atom. The Morgan fingerprint density at radius 1 is 1.00 bits per heavy atom. The van der Waals surface area contributed by atoms with Gasteiger partial charge < -0.3 is 5.11 Å². The summed E-state index contributed by atoms with van der Waals surface area (Å²) in [5.74, 6) is -0.435. The van der Waals surface area contributed by atoms with E-state index in [1.54, 1.807) is 6.07 Å². The molecule has 2 amide bonds. The molecule has 134 valence electrons. The van der Waals surface area contributed by atoms with E-state index in [1.807, 2.05) is 30.3 Å². The molecule has 4 atom stereocenters. The second-order valence-electron chi connectivity index (χ2n) is 8.17. The number of carbonyl (C=O) groups excluding carboxylic acids is 2. The van der Waals surface area contributed by atoms with Gasteiger partial charge in [0.2, 0.25) is 0 Å². The van der Waals surface area contributed by atoms with Crippen LogP contribution in [0, 0.1) is 29.1 Å². The van der Waals surface area contributed by atoms with Gasteiger partial charge in [0, 0.05) is 5.56 Å². The normalized spacial score (nSPS) is 32.4. The fourth-order valence-corrected chi connectivity index (χ4v) is 5.71. The summed E-state index contributed by atoms with van der Waals surface area (Å²) in [6.07, 6.45) is 7.98. The van der Waals surface area contributed by atoms with Crippen molar-refractivity contribution in [3.63, 3.8) is 0 Å². The lowest BCUT2D eigenvalue weighted by Crippen LogP contribution is -2.30. The van der Waals surface area contributed by atoms with E-state index < -0.39 is 0 Å². The van der Waals surface area contributed by atoms with Gasteiger partial charge >= 0.3 is 0 Å². The third kappa shape index (κ3) is 1.77.